The first-order chi connectivity index (χ1) is 13.9. The van der Waals surface area contributed by atoms with Gasteiger partial charge in [0, 0.05) is 17.7 Å². The number of hydrogen-bond acceptors (Lipinski definition) is 3. The standard InChI is InChI=1S/C22H24FN3O3/c23-15-7-8-19-16(12-15)18(13-22(29-19)9-3-4-10-22)26-21(28)25-17-6-2-1-5-14(17)11-20(24)27/h1-2,5-8,12,18H,3-4,9-11,13H2,(H2,24,27)(H2,25,26,28)/t18-/m1/s1. The summed E-state index contributed by atoms with van der Waals surface area (Å²) in [5.41, 5.74) is 6.78. The Labute approximate surface area is 168 Å². The molecular formula is C22H24FN3O3. The van der Waals surface area contributed by atoms with Gasteiger partial charge in [-0.05, 0) is 55.5 Å². The second-order valence-corrected chi connectivity index (χ2v) is 7.83. The van der Waals surface area contributed by atoms with Gasteiger partial charge in [0.1, 0.15) is 17.2 Å². The number of hydrogen-bond donors (Lipinski definition) is 3. The van der Waals surface area contributed by atoms with Crippen molar-refractivity contribution in [1.82, 2.24) is 5.32 Å². The topological polar surface area (TPSA) is 93.5 Å². The summed E-state index contributed by atoms with van der Waals surface area (Å²) in [5.74, 6) is -0.218. The number of urea groups is 1. The minimum atomic E-state index is -0.475. The molecule has 1 heterocycles. The Morgan fingerprint density at radius 1 is 1.17 bits per heavy atom. The monoisotopic (exact) mass is 397 g/mol. The van der Waals surface area contributed by atoms with Gasteiger partial charge in [-0.15, -0.1) is 0 Å². The van der Waals surface area contributed by atoms with E-state index < -0.39 is 11.9 Å². The number of amides is 3. The highest BCUT2D eigenvalue weighted by molar-refractivity contribution is 5.91. The lowest BCUT2D eigenvalue weighted by molar-refractivity contribution is -0.117. The molecule has 1 aliphatic heterocycles. The summed E-state index contributed by atoms with van der Waals surface area (Å²) in [5, 5.41) is 5.76. The van der Waals surface area contributed by atoms with Crippen molar-refractivity contribution in [3.05, 3.63) is 59.4 Å². The molecule has 7 heteroatoms. The van der Waals surface area contributed by atoms with Gasteiger partial charge in [-0.2, -0.15) is 0 Å². The van der Waals surface area contributed by atoms with Crippen LogP contribution in [-0.4, -0.2) is 17.5 Å². The van der Waals surface area contributed by atoms with E-state index in [4.69, 9.17) is 10.5 Å². The summed E-state index contributed by atoms with van der Waals surface area (Å²) >= 11 is 0. The van der Waals surface area contributed by atoms with Gasteiger partial charge in [0.15, 0.2) is 0 Å². The van der Waals surface area contributed by atoms with E-state index in [0.29, 0.717) is 29.0 Å². The summed E-state index contributed by atoms with van der Waals surface area (Å²) in [4.78, 5) is 24.0. The molecule has 2 aromatic rings. The van der Waals surface area contributed by atoms with E-state index in [-0.39, 0.29) is 23.9 Å². The quantitative estimate of drug-likeness (QED) is 0.732. The molecule has 0 saturated heterocycles. The van der Waals surface area contributed by atoms with Gasteiger partial charge in [-0.3, -0.25) is 4.79 Å². The molecule has 3 amide bonds. The van der Waals surface area contributed by atoms with E-state index in [2.05, 4.69) is 10.6 Å². The third-order valence-electron chi connectivity index (χ3n) is 5.70. The summed E-state index contributed by atoms with van der Waals surface area (Å²) < 4.78 is 20.1. The lowest BCUT2D eigenvalue weighted by Crippen LogP contribution is -2.44. The van der Waals surface area contributed by atoms with Crippen LogP contribution in [0.4, 0.5) is 14.9 Å². The van der Waals surface area contributed by atoms with Crippen LogP contribution in [0.1, 0.15) is 49.3 Å². The molecular weight excluding hydrogens is 373 g/mol. The lowest BCUT2D eigenvalue weighted by Gasteiger charge is -2.40. The fraction of sp³-hybridized carbons (Fsp3) is 0.364. The molecule has 0 unspecified atom stereocenters. The SMILES string of the molecule is NC(=O)Cc1ccccc1NC(=O)N[C@@H]1CC2(CCCC2)Oc2ccc(F)cc21. The van der Waals surface area contributed by atoms with E-state index in [1.807, 2.05) is 0 Å². The molecule has 4 rings (SSSR count). The van der Waals surface area contributed by atoms with Gasteiger partial charge in [-0.1, -0.05) is 18.2 Å². The average molecular weight is 397 g/mol. The highest BCUT2D eigenvalue weighted by atomic mass is 19.1. The summed E-state index contributed by atoms with van der Waals surface area (Å²) in [6.07, 6.45) is 4.63. The van der Waals surface area contributed by atoms with Crippen molar-refractivity contribution in [2.75, 3.05) is 5.32 Å². The van der Waals surface area contributed by atoms with Crippen LogP contribution in [0, 0.1) is 5.82 Å². The Kier molecular flexibility index (Phi) is 5.13. The first-order valence-electron chi connectivity index (χ1n) is 9.86. The fourth-order valence-electron chi connectivity index (χ4n) is 4.40. The largest absolute Gasteiger partial charge is 0.487 e. The van der Waals surface area contributed by atoms with E-state index in [1.54, 1.807) is 30.3 Å². The molecule has 0 bridgehead atoms. The van der Waals surface area contributed by atoms with Gasteiger partial charge >= 0.3 is 6.03 Å². The Morgan fingerprint density at radius 2 is 1.93 bits per heavy atom. The van der Waals surface area contributed by atoms with Crippen LogP contribution in [0.3, 0.4) is 0 Å². The number of carbonyl (C=O) groups is 2. The molecule has 2 aromatic carbocycles. The smallest absolute Gasteiger partial charge is 0.319 e. The number of para-hydroxylation sites is 1. The fourth-order valence-corrected chi connectivity index (χ4v) is 4.40. The molecule has 1 fully saturated rings. The highest BCUT2D eigenvalue weighted by Gasteiger charge is 2.43. The zero-order chi connectivity index (χ0) is 20.4. The van der Waals surface area contributed by atoms with Crippen LogP contribution in [0.5, 0.6) is 5.75 Å². The maximum atomic E-state index is 13.9. The van der Waals surface area contributed by atoms with Gasteiger partial charge in [-0.25, -0.2) is 9.18 Å². The lowest BCUT2D eigenvalue weighted by atomic mass is 9.86. The van der Waals surface area contributed by atoms with Crippen LogP contribution in [0.25, 0.3) is 0 Å². The highest BCUT2D eigenvalue weighted by Crippen LogP contribution is 2.47. The Hall–Kier alpha value is -3.09. The number of primary amides is 1. The molecule has 29 heavy (non-hydrogen) atoms. The van der Waals surface area contributed by atoms with E-state index in [1.165, 1.54) is 12.1 Å². The summed E-state index contributed by atoms with van der Waals surface area (Å²) in [7, 11) is 0. The van der Waals surface area contributed by atoms with Crippen molar-refractivity contribution in [1.29, 1.82) is 0 Å². The summed E-state index contributed by atoms with van der Waals surface area (Å²) in [6.45, 7) is 0. The van der Waals surface area contributed by atoms with Crippen molar-refractivity contribution in [3.8, 4) is 5.75 Å². The number of halogens is 1. The minimum Gasteiger partial charge on any atom is -0.487 e. The first kappa shape index (κ1) is 19.2. The van der Waals surface area contributed by atoms with Gasteiger partial charge < -0.3 is 21.1 Å². The van der Waals surface area contributed by atoms with Crippen molar-refractivity contribution >= 4 is 17.6 Å². The molecule has 1 spiro atoms. The zero-order valence-electron chi connectivity index (χ0n) is 16.0. The van der Waals surface area contributed by atoms with Crippen molar-refractivity contribution in [3.63, 3.8) is 0 Å². The van der Waals surface area contributed by atoms with Gasteiger partial charge in [0.25, 0.3) is 0 Å². The zero-order valence-corrected chi connectivity index (χ0v) is 16.0. The number of ether oxygens (including phenoxy) is 1. The third-order valence-corrected chi connectivity index (χ3v) is 5.70. The number of fused-ring (bicyclic) bond motifs is 1. The Balaban J connectivity index is 1.55. The number of nitrogens with two attached hydrogens (primary N) is 1. The van der Waals surface area contributed by atoms with Crippen LogP contribution in [0.15, 0.2) is 42.5 Å². The third kappa shape index (κ3) is 4.18. The van der Waals surface area contributed by atoms with Crippen LogP contribution in [-0.2, 0) is 11.2 Å². The van der Waals surface area contributed by atoms with E-state index >= 15 is 0 Å². The molecule has 1 aliphatic carbocycles. The molecule has 0 aromatic heterocycles. The summed E-state index contributed by atoms with van der Waals surface area (Å²) in [6, 6.07) is 10.7. The molecule has 6 nitrogen and oxygen atoms in total. The normalized spacial score (nSPS) is 19.3. The van der Waals surface area contributed by atoms with Crippen LogP contribution >= 0.6 is 0 Å². The van der Waals surface area contributed by atoms with E-state index in [0.717, 1.165) is 25.7 Å². The number of nitrogens with one attached hydrogen (secondary N) is 2. The molecule has 0 radical (unpaired) electrons. The Bertz CT molecular complexity index is 941. The number of rotatable bonds is 4. The number of carbonyl (C=O) groups excluding carboxylic acids is 2. The minimum absolute atomic E-state index is 0.0326. The molecule has 1 saturated carbocycles. The van der Waals surface area contributed by atoms with Gasteiger partial charge in [0.05, 0.1) is 12.5 Å². The van der Waals surface area contributed by atoms with Crippen molar-refractivity contribution < 1.29 is 18.7 Å². The predicted molar refractivity (Wildman–Crippen MR) is 107 cm³/mol. The van der Waals surface area contributed by atoms with Crippen LogP contribution in [0.2, 0.25) is 0 Å². The van der Waals surface area contributed by atoms with Crippen molar-refractivity contribution in [2.45, 2.75) is 50.2 Å². The number of anilines is 1. The maximum Gasteiger partial charge on any atom is 0.319 e. The molecule has 152 valence electrons. The second kappa shape index (κ2) is 7.73. The number of benzene rings is 2. The maximum absolute atomic E-state index is 13.9. The molecule has 2 aliphatic rings. The second-order valence-electron chi connectivity index (χ2n) is 7.83. The van der Waals surface area contributed by atoms with E-state index in [9.17, 15) is 14.0 Å². The molecule has 1 atom stereocenters. The predicted octanol–water partition coefficient (Wildman–Crippen LogP) is 3.81. The van der Waals surface area contributed by atoms with Crippen molar-refractivity contribution in [2.24, 2.45) is 5.73 Å². The Morgan fingerprint density at radius 3 is 2.69 bits per heavy atom. The average Bonchev–Trinajstić information content (AvgIpc) is 3.11. The molecule has 4 N–H and O–H groups in total. The van der Waals surface area contributed by atoms with Crippen LogP contribution < -0.4 is 21.1 Å². The first-order valence-corrected chi connectivity index (χ1v) is 9.86. The van der Waals surface area contributed by atoms with Gasteiger partial charge in [0.2, 0.25) is 5.91 Å².